The van der Waals surface area contributed by atoms with E-state index in [1.807, 2.05) is 0 Å². The van der Waals surface area contributed by atoms with Crippen LogP contribution in [0.25, 0.3) is 10.6 Å². The van der Waals surface area contributed by atoms with E-state index in [-0.39, 0.29) is 21.3 Å². The molecule has 134 valence electrons. The molecule has 0 aliphatic rings. The maximum atomic E-state index is 12.5. The third-order valence-corrected chi connectivity index (χ3v) is 6.12. The van der Waals surface area contributed by atoms with Gasteiger partial charge in [0.1, 0.15) is 21.4 Å². The Kier molecular flexibility index (Phi) is 4.47. The summed E-state index contributed by atoms with van der Waals surface area (Å²) in [5, 5.41) is 3.33. The lowest BCUT2D eigenvalue weighted by Crippen LogP contribution is -2.22. The average molecular weight is 392 g/mol. The third-order valence-electron chi connectivity index (χ3n) is 3.12. The largest absolute Gasteiger partial charge is 0.465 e. The van der Waals surface area contributed by atoms with Crippen LogP contribution in [0.2, 0.25) is 0 Å². The summed E-state index contributed by atoms with van der Waals surface area (Å²) in [6, 6.07) is 6.73. The number of hydrogen-bond acceptors (Lipinski definition) is 6. The van der Waals surface area contributed by atoms with Gasteiger partial charge in [-0.1, -0.05) is 5.16 Å². The molecule has 0 radical (unpaired) electrons. The predicted octanol–water partition coefficient (Wildman–Crippen LogP) is 3.80. The van der Waals surface area contributed by atoms with Gasteiger partial charge in [-0.3, -0.25) is 0 Å². The molecular formula is C14H11F3N2O4S2. The van der Waals surface area contributed by atoms with Crippen molar-refractivity contribution in [3.8, 4) is 10.6 Å². The second kappa shape index (κ2) is 6.32. The van der Waals surface area contributed by atoms with Crippen molar-refractivity contribution in [1.82, 2.24) is 9.88 Å². The van der Waals surface area contributed by atoms with Crippen molar-refractivity contribution in [2.75, 3.05) is 0 Å². The molecule has 0 aromatic carbocycles. The number of thiophene rings is 1. The van der Waals surface area contributed by atoms with Crippen LogP contribution in [-0.2, 0) is 22.7 Å². The number of nitrogens with zero attached hydrogens (tertiary/aromatic N) is 1. The quantitative estimate of drug-likeness (QED) is 0.714. The van der Waals surface area contributed by atoms with Crippen molar-refractivity contribution in [3.05, 3.63) is 47.6 Å². The molecule has 0 bridgehead atoms. The molecule has 0 spiro atoms. The monoisotopic (exact) mass is 392 g/mol. The minimum atomic E-state index is -4.65. The SMILES string of the molecule is Cc1ccc(CNS(=O)(=O)c2ccc(-c3cc(C(F)(F)F)on3)s2)o1. The summed E-state index contributed by atoms with van der Waals surface area (Å²) in [4.78, 5) is 0.244. The third kappa shape index (κ3) is 3.94. The highest BCUT2D eigenvalue weighted by Gasteiger charge is 2.36. The van der Waals surface area contributed by atoms with E-state index in [0.29, 0.717) is 11.5 Å². The maximum absolute atomic E-state index is 12.5. The van der Waals surface area contributed by atoms with Crippen LogP contribution < -0.4 is 4.72 Å². The Bertz CT molecular complexity index is 986. The molecule has 0 atom stereocenters. The van der Waals surface area contributed by atoms with E-state index in [1.54, 1.807) is 19.1 Å². The van der Waals surface area contributed by atoms with Crippen LogP contribution in [0, 0.1) is 6.92 Å². The standard InChI is InChI=1S/C14H11F3N2O4S2/c1-8-2-3-9(22-8)7-18-25(20,21)13-5-4-11(24-13)10-6-12(23-19-10)14(15,16)17/h2-6,18H,7H2,1H3. The number of rotatable bonds is 5. The highest BCUT2D eigenvalue weighted by atomic mass is 32.2. The Balaban J connectivity index is 1.76. The Hall–Kier alpha value is -2.11. The van der Waals surface area contributed by atoms with Crippen LogP contribution in [0.5, 0.6) is 0 Å². The van der Waals surface area contributed by atoms with Gasteiger partial charge in [0.05, 0.1) is 11.4 Å². The van der Waals surface area contributed by atoms with E-state index in [9.17, 15) is 21.6 Å². The summed E-state index contributed by atoms with van der Waals surface area (Å²) in [6.45, 7) is 1.70. The Morgan fingerprint density at radius 3 is 2.60 bits per heavy atom. The summed E-state index contributed by atoms with van der Waals surface area (Å²) < 4.78 is 73.9. The van der Waals surface area contributed by atoms with E-state index < -0.39 is 22.0 Å². The van der Waals surface area contributed by atoms with Crippen molar-refractivity contribution in [2.45, 2.75) is 23.9 Å². The van der Waals surface area contributed by atoms with E-state index in [4.69, 9.17) is 4.42 Å². The minimum Gasteiger partial charge on any atom is -0.465 e. The Morgan fingerprint density at radius 2 is 2.00 bits per heavy atom. The fourth-order valence-electron chi connectivity index (χ4n) is 1.94. The van der Waals surface area contributed by atoms with Gasteiger partial charge in [0.15, 0.2) is 0 Å². The zero-order valence-corrected chi connectivity index (χ0v) is 14.3. The normalized spacial score (nSPS) is 12.6. The summed E-state index contributed by atoms with van der Waals surface area (Å²) in [7, 11) is -3.83. The molecule has 0 amide bonds. The molecule has 3 rings (SSSR count). The first kappa shape index (κ1) is 17.7. The molecule has 0 saturated carbocycles. The number of nitrogens with one attached hydrogen (secondary N) is 1. The lowest BCUT2D eigenvalue weighted by atomic mass is 10.3. The molecule has 0 saturated heterocycles. The van der Waals surface area contributed by atoms with Gasteiger partial charge < -0.3 is 8.94 Å². The van der Waals surface area contributed by atoms with Gasteiger partial charge in [-0.2, -0.15) is 13.2 Å². The minimum absolute atomic E-state index is 0.0361. The van der Waals surface area contributed by atoms with Gasteiger partial charge >= 0.3 is 6.18 Å². The predicted molar refractivity (Wildman–Crippen MR) is 82.3 cm³/mol. The number of sulfonamides is 1. The Morgan fingerprint density at radius 1 is 1.24 bits per heavy atom. The maximum Gasteiger partial charge on any atom is 0.452 e. The smallest absolute Gasteiger partial charge is 0.452 e. The molecule has 11 heteroatoms. The Labute approximate surface area is 144 Å². The van der Waals surface area contributed by atoms with Crippen molar-refractivity contribution < 1.29 is 30.5 Å². The van der Waals surface area contributed by atoms with Crippen molar-refractivity contribution >= 4 is 21.4 Å². The van der Waals surface area contributed by atoms with Gasteiger partial charge in [0.2, 0.25) is 15.8 Å². The molecule has 1 N–H and O–H groups in total. The fraction of sp³-hybridized carbons (Fsp3) is 0.214. The van der Waals surface area contributed by atoms with Gasteiger partial charge in [0, 0.05) is 6.07 Å². The summed E-state index contributed by atoms with van der Waals surface area (Å²) in [5.74, 6) is -0.144. The summed E-state index contributed by atoms with van der Waals surface area (Å²) >= 11 is 0.786. The topological polar surface area (TPSA) is 85.3 Å². The first-order valence-corrected chi connectivity index (χ1v) is 9.14. The molecule has 25 heavy (non-hydrogen) atoms. The lowest BCUT2D eigenvalue weighted by molar-refractivity contribution is -0.155. The van der Waals surface area contributed by atoms with Gasteiger partial charge in [-0.15, -0.1) is 11.3 Å². The zero-order chi connectivity index (χ0) is 18.2. The molecule has 3 aromatic rings. The van der Waals surface area contributed by atoms with Crippen molar-refractivity contribution in [1.29, 1.82) is 0 Å². The number of hydrogen-bond donors (Lipinski definition) is 1. The lowest BCUT2D eigenvalue weighted by Gasteiger charge is -2.02. The summed E-state index contributed by atoms with van der Waals surface area (Å²) in [5.41, 5.74) is -0.0829. The van der Waals surface area contributed by atoms with Crippen LogP contribution >= 0.6 is 11.3 Å². The number of furan rings is 1. The van der Waals surface area contributed by atoms with Gasteiger partial charge in [-0.05, 0) is 31.2 Å². The second-order valence-electron chi connectivity index (χ2n) is 5.03. The molecule has 0 aliphatic carbocycles. The van der Waals surface area contributed by atoms with Crippen LogP contribution in [0.1, 0.15) is 17.3 Å². The van der Waals surface area contributed by atoms with E-state index in [1.165, 1.54) is 12.1 Å². The highest BCUT2D eigenvalue weighted by Crippen LogP contribution is 2.35. The van der Waals surface area contributed by atoms with Crippen molar-refractivity contribution in [3.63, 3.8) is 0 Å². The summed E-state index contributed by atoms with van der Waals surface area (Å²) in [6.07, 6.45) is -4.65. The zero-order valence-electron chi connectivity index (χ0n) is 12.6. The fourth-order valence-corrected chi connectivity index (χ4v) is 4.24. The van der Waals surface area contributed by atoms with Gasteiger partial charge in [0.25, 0.3) is 0 Å². The molecule has 6 nitrogen and oxygen atoms in total. The van der Waals surface area contributed by atoms with Gasteiger partial charge in [-0.25, -0.2) is 13.1 Å². The van der Waals surface area contributed by atoms with Crippen molar-refractivity contribution in [2.24, 2.45) is 0 Å². The number of halogens is 3. The molecule has 3 heterocycles. The number of aromatic nitrogens is 1. The van der Waals surface area contributed by atoms with Crippen LogP contribution in [-0.4, -0.2) is 13.6 Å². The first-order chi connectivity index (χ1) is 11.6. The van der Waals surface area contributed by atoms with E-state index in [2.05, 4.69) is 14.4 Å². The van der Waals surface area contributed by atoms with Crippen LogP contribution in [0.4, 0.5) is 13.2 Å². The molecule has 0 aliphatic heterocycles. The second-order valence-corrected chi connectivity index (χ2v) is 8.11. The molecule has 0 unspecified atom stereocenters. The first-order valence-electron chi connectivity index (χ1n) is 6.84. The number of aryl methyl sites for hydroxylation is 1. The van der Waals surface area contributed by atoms with E-state index >= 15 is 0 Å². The molecular weight excluding hydrogens is 381 g/mol. The van der Waals surface area contributed by atoms with Crippen LogP contribution in [0.3, 0.4) is 0 Å². The average Bonchev–Trinajstić information content (AvgIpc) is 3.24. The van der Waals surface area contributed by atoms with E-state index in [0.717, 1.165) is 17.4 Å². The van der Waals surface area contributed by atoms with Crippen LogP contribution in [0.15, 0.2) is 43.5 Å². The number of alkyl halides is 3. The molecule has 3 aromatic heterocycles. The highest BCUT2D eigenvalue weighted by molar-refractivity contribution is 7.91. The molecule has 0 fully saturated rings.